The molecule has 2 rings (SSSR count). The highest BCUT2D eigenvalue weighted by Gasteiger charge is 2.17. The quantitative estimate of drug-likeness (QED) is 0.821. The number of hydrogen-bond acceptors (Lipinski definition) is 3. The van der Waals surface area contributed by atoms with E-state index < -0.39 is 0 Å². The summed E-state index contributed by atoms with van der Waals surface area (Å²) >= 11 is 0. The summed E-state index contributed by atoms with van der Waals surface area (Å²) in [6.45, 7) is 2.86. The lowest BCUT2D eigenvalue weighted by Gasteiger charge is -2.31. The van der Waals surface area contributed by atoms with Gasteiger partial charge in [0.25, 0.3) is 0 Å². The van der Waals surface area contributed by atoms with Gasteiger partial charge in [-0.05, 0) is 37.1 Å². The van der Waals surface area contributed by atoms with Gasteiger partial charge >= 0.3 is 0 Å². The summed E-state index contributed by atoms with van der Waals surface area (Å²) in [7, 11) is 0. The summed E-state index contributed by atoms with van der Waals surface area (Å²) in [4.78, 5) is 2.30. The van der Waals surface area contributed by atoms with Crippen molar-refractivity contribution in [2.45, 2.75) is 18.9 Å². The molecule has 0 spiro atoms. The largest absolute Gasteiger partial charge is 0.382 e. The van der Waals surface area contributed by atoms with Gasteiger partial charge in [0.2, 0.25) is 0 Å². The van der Waals surface area contributed by atoms with Gasteiger partial charge in [-0.15, -0.1) is 6.42 Å². The van der Waals surface area contributed by atoms with Crippen LogP contribution < -0.4 is 5.32 Å². The third-order valence-corrected chi connectivity index (χ3v) is 3.29. The molecule has 1 aliphatic rings. The normalized spacial score (nSPS) is 16.8. The van der Waals surface area contributed by atoms with E-state index in [2.05, 4.69) is 22.2 Å². The molecule has 1 aromatic carbocycles. The Morgan fingerprint density at radius 2 is 1.94 bits per heavy atom. The van der Waals surface area contributed by atoms with E-state index in [1.165, 1.54) is 0 Å². The standard InChI is InChI=1S/C15H17N3/c1-2-9-18-10-7-15(8-11-18)17-14-5-3-13(12-16)4-6-14/h1,3-6,15,17H,7-11H2. The Hall–Kier alpha value is -1.97. The molecule has 0 bridgehead atoms. The Bertz CT molecular complexity index is 456. The molecule has 0 unspecified atom stereocenters. The zero-order valence-electron chi connectivity index (χ0n) is 10.4. The predicted octanol–water partition coefficient (Wildman–Crippen LogP) is 2.07. The molecule has 3 nitrogen and oxygen atoms in total. The average Bonchev–Trinajstić information content (AvgIpc) is 2.42. The number of likely N-dealkylation sites (tertiary alicyclic amines) is 1. The van der Waals surface area contributed by atoms with E-state index in [0.717, 1.165) is 38.2 Å². The number of rotatable bonds is 3. The van der Waals surface area contributed by atoms with Crippen LogP contribution in [0.15, 0.2) is 24.3 Å². The van der Waals surface area contributed by atoms with Crippen molar-refractivity contribution in [2.75, 3.05) is 25.0 Å². The molecule has 0 radical (unpaired) electrons. The van der Waals surface area contributed by atoms with Crippen LogP contribution in [0.2, 0.25) is 0 Å². The van der Waals surface area contributed by atoms with Crippen LogP contribution in [0.3, 0.4) is 0 Å². The fraction of sp³-hybridized carbons (Fsp3) is 0.400. The van der Waals surface area contributed by atoms with Crippen molar-refractivity contribution in [1.29, 1.82) is 5.26 Å². The van der Waals surface area contributed by atoms with Crippen LogP contribution in [0.1, 0.15) is 18.4 Å². The second-order valence-corrected chi connectivity index (χ2v) is 4.59. The lowest BCUT2D eigenvalue weighted by atomic mass is 10.0. The van der Waals surface area contributed by atoms with Crippen LogP contribution >= 0.6 is 0 Å². The second-order valence-electron chi connectivity index (χ2n) is 4.59. The number of nitrogens with zero attached hydrogens (tertiary/aromatic N) is 2. The molecule has 92 valence electrons. The number of benzene rings is 1. The van der Waals surface area contributed by atoms with Crippen LogP contribution in [-0.4, -0.2) is 30.6 Å². The van der Waals surface area contributed by atoms with Gasteiger partial charge in [-0.2, -0.15) is 5.26 Å². The zero-order chi connectivity index (χ0) is 12.8. The first kappa shape index (κ1) is 12.5. The van der Waals surface area contributed by atoms with Crippen molar-refractivity contribution in [3.05, 3.63) is 29.8 Å². The average molecular weight is 239 g/mol. The van der Waals surface area contributed by atoms with E-state index in [0.29, 0.717) is 11.6 Å². The maximum Gasteiger partial charge on any atom is 0.0991 e. The van der Waals surface area contributed by atoms with E-state index in [-0.39, 0.29) is 0 Å². The van der Waals surface area contributed by atoms with E-state index in [1.54, 1.807) is 0 Å². The molecule has 1 N–H and O–H groups in total. The fourth-order valence-corrected chi connectivity index (χ4v) is 2.24. The molecule has 0 atom stereocenters. The molecule has 0 aromatic heterocycles. The van der Waals surface area contributed by atoms with E-state index in [9.17, 15) is 0 Å². The van der Waals surface area contributed by atoms with Gasteiger partial charge in [0.15, 0.2) is 0 Å². The lowest BCUT2D eigenvalue weighted by Crippen LogP contribution is -2.39. The van der Waals surface area contributed by atoms with Crippen molar-refractivity contribution in [3.63, 3.8) is 0 Å². The number of nitrogens with one attached hydrogen (secondary N) is 1. The first-order chi connectivity index (χ1) is 8.81. The highest BCUT2D eigenvalue weighted by Crippen LogP contribution is 2.16. The Labute approximate surface area is 108 Å². The van der Waals surface area contributed by atoms with Crippen molar-refractivity contribution in [3.8, 4) is 18.4 Å². The highest BCUT2D eigenvalue weighted by molar-refractivity contribution is 5.47. The Kier molecular flexibility index (Phi) is 4.23. The van der Waals surface area contributed by atoms with E-state index >= 15 is 0 Å². The molecule has 0 amide bonds. The van der Waals surface area contributed by atoms with Gasteiger partial charge in [-0.3, -0.25) is 4.90 Å². The second kappa shape index (κ2) is 6.10. The van der Waals surface area contributed by atoms with Gasteiger partial charge in [-0.25, -0.2) is 0 Å². The summed E-state index contributed by atoms with van der Waals surface area (Å²) in [5, 5.41) is 12.2. The van der Waals surface area contributed by atoms with Gasteiger partial charge in [0.1, 0.15) is 0 Å². The third-order valence-electron chi connectivity index (χ3n) is 3.29. The van der Waals surface area contributed by atoms with Gasteiger partial charge in [0.05, 0.1) is 18.2 Å². The van der Waals surface area contributed by atoms with E-state index in [1.807, 2.05) is 24.3 Å². The molecule has 3 heteroatoms. The van der Waals surface area contributed by atoms with Crippen molar-refractivity contribution < 1.29 is 0 Å². The molecule has 1 aromatic rings. The number of hydrogen-bond donors (Lipinski definition) is 1. The van der Waals surface area contributed by atoms with Crippen molar-refractivity contribution in [2.24, 2.45) is 0 Å². The molecular weight excluding hydrogens is 222 g/mol. The lowest BCUT2D eigenvalue weighted by molar-refractivity contribution is 0.243. The molecule has 0 aliphatic carbocycles. The molecule has 1 fully saturated rings. The number of anilines is 1. The molecule has 18 heavy (non-hydrogen) atoms. The van der Waals surface area contributed by atoms with E-state index in [4.69, 9.17) is 11.7 Å². The van der Waals surface area contributed by atoms with Crippen LogP contribution in [0, 0.1) is 23.7 Å². The smallest absolute Gasteiger partial charge is 0.0991 e. The predicted molar refractivity (Wildman–Crippen MR) is 73.1 cm³/mol. The number of piperidine rings is 1. The topological polar surface area (TPSA) is 39.1 Å². The Morgan fingerprint density at radius 1 is 1.28 bits per heavy atom. The summed E-state index contributed by atoms with van der Waals surface area (Å²) in [6, 6.07) is 10.2. The van der Waals surface area contributed by atoms with Crippen LogP contribution in [0.4, 0.5) is 5.69 Å². The molecular formula is C15H17N3. The van der Waals surface area contributed by atoms with Crippen LogP contribution in [0.25, 0.3) is 0 Å². The fourth-order valence-electron chi connectivity index (χ4n) is 2.24. The SMILES string of the molecule is C#CCN1CCC(Nc2ccc(C#N)cc2)CC1. The number of terminal acetylenes is 1. The molecule has 1 heterocycles. The Morgan fingerprint density at radius 3 is 2.50 bits per heavy atom. The summed E-state index contributed by atoms with van der Waals surface area (Å²) < 4.78 is 0. The molecule has 1 aliphatic heterocycles. The Balaban J connectivity index is 1.84. The van der Waals surface area contributed by atoms with Gasteiger partial charge < -0.3 is 5.32 Å². The van der Waals surface area contributed by atoms with Crippen molar-refractivity contribution in [1.82, 2.24) is 4.90 Å². The van der Waals surface area contributed by atoms with Crippen LogP contribution in [-0.2, 0) is 0 Å². The summed E-state index contributed by atoms with van der Waals surface area (Å²) in [6.07, 6.45) is 7.54. The first-order valence-corrected chi connectivity index (χ1v) is 6.24. The summed E-state index contributed by atoms with van der Waals surface area (Å²) in [5.41, 5.74) is 1.79. The molecule has 1 saturated heterocycles. The minimum absolute atomic E-state index is 0.506. The van der Waals surface area contributed by atoms with Gasteiger partial charge in [-0.1, -0.05) is 5.92 Å². The minimum atomic E-state index is 0.506. The maximum atomic E-state index is 8.74. The third kappa shape index (κ3) is 3.26. The first-order valence-electron chi connectivity index (χ1n) is 6.24. The monoisotopic (exact) mass is 239 g/mol. The summed E-state index contributed by atoms with van der Waals surface area (Å²) in [5.74, 6) is 2.69. The number of nitriles is 1. The van der Waals surface area contributed by atoms with Crippen LogP contribution in [0.5, 0.6) is 0 Å². The minimum Gasteiger partial charge on any atom is -0.382 e. The van der Waals surface area contributed by atoms with Gasteiger partial charge in [0, 0.05) is 24.8 Å². The maximum absolute atomic E-state index is 8.74. The van der Waals surface area contributed by atoms with Crippen molar-refractivity contribution >= 4 is 5.69 Å². The highest BCUT2D eigenvalue weighted by atomic mass is 15.1. The zero-order valence-corrected chi connectivity index (χ0v) is 10.4. The molecule has 0 saturated carbocycles.